The van der Waals surface area contributed by atoms with Gasteiger partial charge in [0.25, 0.3) is 0 Å². The lowest BCUT2D eigenvalue weighted by Crippen LogP contribution is -2.53. The van der Waals surface area contributed by atoms with Crippen LogP contribution in [0.5, 0.6) is 0 Å². The van der Waals surface area contributed by atoms with Gasteiger partial charge in [0, 0.05) is 0 Å². The average molecular weight is 246 g/mol. The SMILES string of the molecule is C=CC(=O)C(C(=O)O)C(O)(CC(=O)O)C(=O)O. The molecule has 4 N–H and O–H groups in total. The molecule has 0 amide bonds. The van der Waals surface area contributed by atoms with Crippen molar-refractivity contribution < 1.29 is 39.6 Å². The number of hydrogen-bond donors (Lipinski definition) is 4. The van der Waals surface area contributed by atoms with E-state index in [9.17, 15) is 24.3 Å². The van der Waals surface area contributed by atoms with Gasteiger partial charge >= 0.3 is 17.9 Å². The lowest BCUT2D eigenvalue weighted by atomic mass is 9.81. The maximum atomic E-state index is 11.2. The van der Waals surface area contributed by atoms with Crippen LogP contribution in [-0.2, 0) is 19.2 Å². The van der Waals surface area contributed by atoms with E-state index in [0.717, 1.165) is 0 Å². The summed E-state index contributed by atoms with van der Waals surface area (Å²) in [5, 5.41) is 35.4. The van der Waals surface area contributed by atoms with E-state index >= 15 is 0 Å². The van der Waals surface area contributed by atoms with Crippen LogP contribution in [0.25, 0.3) is 0 Å². The summed E-state index contributed by atoms with van der Waals surface area (Å²) in [5.74, 6) is -9.51. The fourth-order valence-corrected chi connectivity index (χ4v) is 1.21. The molecule has 0 radical (unpaired) electrons. The predicted molar refractivity (Wildman–Crippen MR) is 51.2 cm³/mol. The molecule has 94 valence electrons. The molecule has 0 saturated carbocycles. The van der Waals surface area contributed by atoms with E-state index in [1.54, 1.807) is 0 Å². The minimum absolute atomic E-state index is 0.508. The van der Waals surface area contributed by atoms with Crippen LogP contribution in [0.3, 0.4) is 0 Å². The Kier molecular flexibility index (Phi) is 4.53. The van der Waals surface area contributed by atoms with Crippen molar-refractivity contribution in [1.29, 1.82) is 0 Å². The molecule has 0 saturated heterocycles. The van der Waals surface area contributed by atoms with Gasteiger partial charge in [0.1, 0.15) is 0 Å². The zero-order valence-corrected chi connectivity index (χ0v) is 8.49. The van der Waals surface area contributed by atoms with Crippen LogP contribution in [0, 0.1) is 5.92 Å². The maximum absolute atomic E-state index is 11.2. The highest BCUT2D eigenvalue weighted by molar-refractivity contribution is 6.09. The van der Waals surface area contributed by atoms with Crippen LogP contribution < -0.4 is 0 Å². The summed E-state index contributed by atoms with van der Waals surface area (Å²) in [5.41, 5.74) is -3.22. The number of aliphatic hydroxyl groups is 1. The third-order valence-corrected chi connectivity index (χ3v) is 2.00. The number of hydrogen-bond acceptors (Lipinski definition) is 5. The first-order valence-electron chi connectivity index (χ1n) is 4.23. The zero-order valence-electron chi connectivity index (χ0n) is 8.49. The molecule has 0 spiro atoms. The van der Waals surface area contributed by atoms with E-state index in [1.807, 2.05) is 0 Å². The van der Waals surface area contributed by atoms with Gasteiger partial charge in [0.15, 0.2) is 17.3 Å². The summed E-state index contributed by atoms with van der Waals surface area (Å²) in [7, 11) is 0. The van der Waals surface area contributed by atoms with Crippen LogP contribution in [0.4, 0.5) is 0 Å². The first-order valence-corrected chi connectivity index (χ1v) is 4.23. The van der Waals surface area contributed by atoms with Crippen LogP contribution in [0.2, 0.25) is 0 Å². The maximum Gasteiger partial charge on any atom is 0.337 e. The molecule has 0 rings (SSSR count). The Morgan fingerprint density at radius 3 is 1.88 bits per heavy atom. The minimum atomic E-state index is -3.22. The second-order valence-corrected chi connectivity index (χ2v) is 3.18. The van der Waals surface area contributed by atoms with Gasteiger partial charge in [0.05, 0.1) is 6.42 Å². The Morgan fingerprint density at radius 1 is 1.18 bits per heavy atom. The summed E-state index contributed by atoms with van der Waals surface area (Å²) in [4.78, 5) is 43.1. The van der Waals surface area contributed by atoms with Gasteiger partial charge in [-0.15, -0.1) is 0 Å². The molecule has 0 aromatic rings. The van der Waals surface area contributed by atoms with Crippen molar-refractivity contribution in [3.63, 3.8) is 0 Å². The van der Waals surface area contributed by atoms with Crippen molar-refractivity contribution in [3.05, 3.63) is 12.7 Å². The highest BCUT2D eigenvalue weighted by Crippen LogP contribution is 2.24. The van der Waals surface area contributed by atoms with Gasteiger partial charge in [-0.05, 0) is 6.08 Å². The van der Waals surface area contributed by atoms with Gasteiger partial charge < -0.3 is 20.4 Å². The first-order chi connectivity index (χ1) is 7.66. The summed E-state index contributed by atoms with van der Waals surface area (Å²) in [6.07, 6.45) is -0.909. The standard InChI is InChI=1S/C9H10O8/c1-2-4(10)6(7(13)14)9(17,8(15)16)3-5(11)12/h2,6,17H,1,3H2,(H,11,12)(H,13,14)(H,15,16). The molecule has 8 heteroatoms. The molecule has 0 bridgehead atoms. The molecule has 0 fully saturated rings. The van der Waals surface area contributed by atoms with Crippen molar-refractivity contribution in [2.45, 2.75) is 12.0 Å². The highest BCUT2D eigenvalue weighted by Gasteiger charge is 2.53. The number of carboxylic acid groups (broad SMARTS) is 3. The molecule has 0 aliphatic carbocycles. The summed E-state index contributed by atoms with van der Waals surface area (Å²) in [6.45, 7) is 2.95. The Balaban J connectivity index is 5.61. The third-order valence-electron chi connectivity index (χ3n) is 2.00. The number of allylic oxidation sites excluding steroid dienone is 1. The molecule has 0 aliphatic heterocycles. The highest BCUT2D eigenvalue weighted by atomic mass is 16.4. The normalized spacial score (nSPS) is 15.4. The van der Waals surface area contributed by atoms with Gasteiger partial charge in [-0.3, -0.25) is 14.4 Å². The second kappa shape index (κ2) is 5.21. The molecular weight excluding hydrogens is 236 g/mol. The number of carbonyl (C=O) groups excluding carboxylic acids is 1. The van der Waals surface area contributed by atoms with E-state index in [1.165, 1.54) is 0 Å². The molecule has 8 nitrogen and oxygen atoms in total. The van der Waals surface area contributed by atoms with E-state index in [0.29, 0.717) is 6.08 Å². The van der Waals surface area contributed by atoms with Gasteiger partial charge in [-0.2, -0.15) is 0 Å². The largest absolute Gasteiger partial charge is 0.481 e. The lowest BCUT2D eigenvalue weighted by Gasteiger charge is -2.26. The van der Waals surface area contributed by atoms with Crippen molar-refractivity contribution in [2.75, 3.05) is 0 Å². The van der Waals surface area contributed by atoms with Crippen LogP contribution in [-0.4, -0.2) is 49.7 Å². The number of carbonyl (C=O) groups is 4. The smallest absolute Gasteiger partial charge is 0.337 e. The Labute approximate surface area is 94.8 Å². The number of aliphatic carboxylic acids is 3. The second-order valence-electron chi connectivity index (χ2n) is 3.18. The quantitative estimate of drug-likeness (QED) is 0.321. The summed E-state index contributed by atoms with van der Waals surface area (Å²) < 4.78 is 0. The number of ketones is 1. The number of rotatable bonds is 7. The molecule has 2 atom stereocenters. The summed E-state index contributed by atoms with van der Waals surface area (Å²) in [6, 6.07) is 0. The van der Waals surface area contributed by atoms with E-state index in [2.05, 4.69) is 6.58 Å². The van der Waals surface area contributed by atoms with Crippen molar-refractivity contribution in [2.24, 2.45) is 5.92 Å². The summed E-state index contributed by atoms with van der Waals surface area (Å²) >= 11 is 0. The Hall–Kier alpha value is -2.22. The predicted octanol–water partition coefficient (Wildman–Crippen LogP) is -1.27. The van der Waals surface area contributed by atoms with E-state index < -0.39 is 41.6 Å². The minimum Gasteiger partial charge on any atom is -0.481 e. The van der Waals surface area contributed by atoms with Gasteiger partial charge in [0.2, 0.25) is 0 Å². The van der Waals surface area contributed by atoms with Gasteiger partial charge in [-0.25, -0.2) is 4.79 Å². The molecule has 17 heavy (non-hydrogen) atoms. The van der Waals surface area contributed by atoms with Crippen molar-refractivity contribution in [1.82, 2.24) is 0 Å². The molecule has 2 unspecified atom stereocenters. The van der Waals surface area contributed by atoms with Crippen LogP contribution in [0.1, 0.15) is 6.42 Å². The fourth-order valence-electron chi connectivity index (χ4n) is 1.21. The average Bonchev–Trinajstić information content (AvgIpc) is 2.15. The molecular formula is C9H10O8. The third kappa shape index (κ3) is 3.11. The van der Waals surface area contributed by atoms with Crippen molar-refractivity contribution >= 4 is 23.7 Å². The first kappa shape index (κ1) is 14.8. The molecule has 0 aromatic carbocycles. The Morgan fingerprint density at radius 2 is 1.65 bits per heavy atom. The van der Waals surface area contributed by atoms with E-state index in [-0.39, 0.29) is 0 Å². The topological polar surface area (TPSA) is 149 Å². The number of carboxylic acids is 3. The van der Waals surface area contributed by atoms with Crippen LogP contribution >= 0.6 is 0 Å². The van der Waals surface area contributed by atoms with E-state index in [4.69, 9.17) is 15.3 Å². The molecule has 0 aromatic heterocycles. The fraction of sp³-hybridized carbons (Fsp3) is 0.333. The zero-order chi connectivity index (χ0) is 13.8. The molecule has 0 aliphatic rings. The molecule has 0 heterocycles. The monoisotopic (exact) mass is 246 g/mol. The van der Waals surface area contributed by atoms with Crippen LogP contribution in [0.15, 0.2) is 12.7 Å². The van der Waals surface area contributed by atoms with Gasteiger partial charge in [-0.1, -0.05) is 6.58 Å². The Bertz CT molecular complexity index is 384. The lowest BCUT2D eigenvalue weighted by molar-refractivity contribution is -0.180. The van der Waals surface area contributed by atoms with Crippen molar-refractivity contribution in [3.8, 4) is 0 Å².